The molecule has 6 aromatic rings. The molecule has 0 heteroatoms. The predicted molar refractivity (Wildman–Crippen MR) is 167 cm³/mol. The van der Waals surface area contributed by atoms with Crippen LogP contribution in [0.3, 0.4) is 0 Å². The average molecular weight is 487 g/mol. The van der Waals surface area contributed by atoms with Crippen LogP contribution in [0.2, 0.25) is 0 Å². The molecule has 6 rings (SSSR count). The van der Waals surface area contributed by atoms with Gasteiger partial charge in [0.25, 0.3) is 0 Å². The maximum Gasteiger partial charge on any atom is -0.00208 e. The highest BCUT2D eigenvalue weighted by Crippen LogP contribution is 2.41. The first-order chi connectivity index (χ1) is 18.6. The molecule has 0 heterocycles. The van der Waals surface area contributed by atoms with E-state index in [1.54, 1.807) is 0 Å². The summed E-state index contributed by atoms with van der Waals surface area (Å²) in [5, 5.41) is 4.87. The smallest absolute Gasteiger partial charge is 0.00208 e. The second kappa shape index (κ2) is 9.65. The minimum absolute atomic E-state index is 1.12. The third-order valence-electron chi connectivity index (χ3n) is 7.56. The van der Waals surface area contributed by atoms with Gasteiger partial charge in [0.15, 0.2) is 0 Å². The third kappa shape index (κ3) is 4.15. The van der Waals surface area contributed by atoms with Crippen molar-refractivity contribution in [2.75, 3.05) is 0 Å². The monoisotopic (exact) mass is 486 g/mol. The first-order valence-corrected chi connectivity index (χ1v) is 13.1. The summed E-state index contributed by atoms with van der Waals surface area (Å²) in [6.07, 6.45) is 3.93. The fourth-order valence-corrected chi connectivity index (χ4v) is 5.44. The molecule has 0 atom stereocenters. The van der Waals surface area contributed by atoms with Gasteiger partial charge < -0.3 is 0 Å². The highest BCUT2D eigenvalue weighted by molar-refractivity contribution is 6.11. The van der Waals surface area contributed by atoms with Crippen molar-refractivity contribution in [3.8, 4) is 33.4 Å². The summed E-state index contributed by atoms with van der Waals surface area (Å²) in [6, 6.07) is 39.9. The molecule has 38 heavy (non-hydrogen) atoms. The molecular weight excluding hydrogens is 456 g/mol. The van der Waals surface area contributed by atoms with Crippen molar-refractivity contribution in [3.63, 3.8) is 0 Å². The summed E-state index contributed by atoms with van der Waals surface area (Å²) < 4.78 is 0. The van der Waals surface area contributed by atoms with E-state index in [2.05, 4.69) is 136 Å². The molecule has 0 aliphatic carbocycles. The topological polar surface area (TPSA) is 0 Å². The second-order valence-corrected chi connectivity index (χ2v) is 10.1. The number of hydrogen-bond donors (Lipinski definition) is 0. The Kier molecular flexibility index (Phi) is 6.02. The van der Waals surface area contributed by atoms with Gasteiger partial charge in [-0.05, 0) is 92.0 Å². The van der Waals surface area contributed by atoms with Crippen molar-refractivity contribution in [2.24, 2.45) is 0 Å². The van der Waals surface area contributed by atoms with Crippen LogP contribution in [-0.2, 0) is 0 Å². The van der Waals surface area contributed by atoms with Crippen LogP contribution < -0.4 is 0 Å². The lowest BCUT2D eigenvalue weighted by Gasteiger charge is -2.18. The van der Waals surface area contributed by atoms with E-state index in [0.717, 1.165) is 11.1 Å². The molecule has 0 unspecified atom stereocenters. The molecule has 0 bridgehead atoms. The first kappa shape index (κ1) is 23.7. The van der Waals surface area contributed by atoms with Gasteiger partial charge in [-0.2, -0.15) is 0 Å². The molecule has 0 saturated carbocycles. The van der Waals surface area contributed by atoms with E-state index in [9.17, 15) is 0 Å². The van der Waals surface area contributed by atoms with Gasteiger partial charge in [-0.15, -0.1) is 0 Å². The summed E-state index contributed by atoms with van der Waals surface area (Å²) in [4.78, 5) is 0. The van der Waals surface area contributed by atoms with E-state index < -0.39 is 0 Å². The van der Waals surface area contributed by atoms with Crippen LogP contribution >= 0.6 is 0 Å². The summed E-state index contributed by atoms with van der Waals surface area (Å²) in [5.74, 6) is 0. The third-order valence-corrected chi connectivity index (χ3v) is 7.56. The normalized spacial score (nSPS) is 11.1. The molecule has 0 amide bonds. The van der Waals surface area contributed by atoms with E-state index in [1.165, 1.54) is 66.1 Å². The van der Waals surface area contributed by atoms with Gasteiger partial charge in [-0.1, -0.05) is 133 Å². The highest BCUT2D eigenvalue weighted by Gasteiger charge is 2.16. The molecule has 0 radical (unpaired) electrons. The summed E-state index contributed by atoms with van der Waals surface area (Å²) in [7, 11) is 0. The molecule has 6 aromatic carbocycles. The van der Waals surface area contributed by atoms with Crippen molar-refractivity contribution in [3.05, 3.63) is 145 Å². The Balaban J connectivity index is 1.59. The fourth-order valence-electron chi connectivity index (χ4n) is 5.44. The van der Waals surface area contributed by atoms with Gasteiger partial charge in [0, 0.05) is 0 Å². The number of hydrogen-bond acceptors (Lipinski definition) is 0. The summed E-state index contributed by atoms with van der Waals surface area (Å²) in [5.41, 5.74) is 12.1. The van der Waals surface area contributed by atoms with Crippen LogP contribution in [0.4, 0.5) is 0 Å². The van der Waals surface area contributed by atoms with Crippen LogP contribution in [0.1, 0.15) is 22.3 Å². The van der Waals surface area contributed by atoms with E-state index in [0.29, 0.717) is 0 Å². The van der Waals surface area contributed by atoms with Crippen molar-refractivity contribution in [2.45, 2.75) is 13.8 Å². The Morgan fingerprint density at radius 3 is 1.16 bits per heavy atom. The van der Waals surface area contributed by atoms with E-state index >= 15 is 0 Å². The van der Waals surface area contributed by atoms with E-state index in [-0.39, 0.29) is 0 Å². The van der Waals surface area contributed by atoms with Gasteiger partial charge in [-0.3, -0.25) is 0 Å². The molecule has 182 valence electrons. The van der Waals surface area contributed by atoms with Crippen molar-refractivity contribution in [1.29, 1.82) is 0 Å². The van der Waals surface area contributed by atoms with E-state index in [4.69, 9.17) is 0 Å². The fraction of sp³-hybridized carbons (Fsp3) is 0.0526. The molecule has 0 N–H and O–H groups in total. The zero-order chi connectivity index (χ0) is 26.2. The van der Waals surface area contributed by atoms with Gasteiger partial charge in [-0.25, -0.2) is 0 Å². The average Bonchev–Trinajstić information content (AvgIpc) is 2.96. The van der Waals surface area contributed by atoms with Crippen molar-refractivity contribution in [1.82, 2.24) is 0 Å². The largest absolute Gasteiger partial charge is 0.0984 e. The Bertz CT molecular complexity index is 1690. The Labute approximate surface area is 225 Å². The second-order valence-electron chi connectivity index (χ2n) is 10.1. The number of rotatable bonds is 5. The van der Waals surface area contributed by atoms with Gasteiger partial charge in [0.05, 0.1) is 0 Å². The van der Waals surface area contributed by atoms with Crippen LogP contribution in [0.5, 0.6) is 0 Å². The molecule has 0 aromatic heterocycles. The Morgan fingerprint density at radius 1 is 0.421 bits per heavy atom. The minimum Gasteiger partial charge on any atom is -0.0984 e. The zero-order valence-corrected chi connectivity index (χ0v) is 22.0. The number of benzene rings is 6. The number of aryl methyl sites for hydroxylation is 2. The highest BCUT2D eigenvalue weighted by atomic mass is 14.2. The van der Waals surface area contributed by atoms with E-state index in [1.807, 2.05) is 12.2 Å². The molecule has 0 aliphatic heterocycles. The quantitative estimate of drug-likeness (QED) is 0.227. The standard InChI is InChI=1S/C38H30/c1-5-27-15-17-33-23-31(29-11-7-25(3)8-12-29)19-21-35(33)37(27)38-28(6-2)16-18-34-24-32(20-22-36(34)38)30-13-9-26(4)10-14-30/h5-24H,1-2H2,3-4H3. The molecule has 0 aliphatic rings. The molecule has 0 nitrogen and oxygen atoms in total. The van der Waals surface area contributed by atoms with Crippen molar-refractivity contribution < 1.29 is 0 Å². The van der Waals surface area contributed by atoms with Gasteiger partial charge in [0.2, 0.25) is 0 Å². The molecule has 0 spiro atoms. The Morgan fingerprint density at radius 2 is 0.789 bits per heavy atom. The maximum atomic E-state index is 4.17. The van der Waals surface area contributed by atoms with Gasteiger partial charge in [0.1, 0.15) is 0 Å². The van der Waals surface area contributed by atoms with Crippen LogP contribution in [0.25, 0.3) is 67.1 Å². The lowest BCUT2D eigenvalue weighted by atomic mass is 9.85. The van der Waals surface area contributed by atoms with Crippen LogP contribution in [0.15, 0.2) is 122 Å². The predicted octanol–water partition coefficient (Wildman–Crippen LogP) is 10.9. The SMILES string of the molecule is C=Cc1ccc2cc(-c3ccc(C)cc3)ccc2c1-c1c(C=C)ccc2cc(-c3ccc(C)cc3)ccc12. The molecular formula is C38H30. The zero-order valence-electron chi connectivity index (χ0n) is 22.0. The first-order valence-electron chi connectivity index (χ1n) is 13.1. The maximum absolute atomic E-state index is 4.17. The summed E-state index contributed by atoms with van der Waals surface area (Å²) >= 11 is 0. The minimum atomic E-state index is 1.12. The Hall–Kier alpha value is -4.68. The van der Waals surface area contributed by atoms with Gasteiger partial charge >= 0.3 is 0 Å². The van der Waals surface area contributed by atoms with Crippen molar-refractivity contribution >= 4 is 33.7 Å². The molecule has 0 fully saturated rings. The summed E-state index contributed by atoms with van der Waals surface area (Å²) in [6.45, 7) is 12.6. The number of fused-ring (bicyclic) bond motifs is 2. The molecule has 0 saturated heterocycles. The lowest BCUT2D eigenvalue weighted by Crippen LogP contribution is -1.93. The lowest BCUT2D eigenvalue weighted by molar-refractivity contribution is 1.47. The van der Waals surface area contributed by atoms with Crippen LogP contribution in [0, 0.1) is 13.8 Å². The van der Waals surface area contributed by atoms with Crippen LogP contribution in [-0.4, -0.2) is 0 Å².